The van der Waals surface area contributed by atoms with Crippen molar-refractivity contribution in [1.82, 2.24) is 23.3 Å². The summed E-state index contributed by atoms with van der Waals surface area (Å²) in [5, 5.41) is 4.48. The molecule has 15 rings (SSSR count). The highest BCUT2D eigenvalue weighted by atomic mass is 15.0. The van der Waals surface area contributed by atoms with Gasteiger partial charge in [0.25, 0.3) is 0 Å². The smallest absolute Gasteiger partial charge is 0.0963 e. The minimum absolute atomic E-state index is 0.713. The van der Waals surface area contributed by atoms with E-state index in [9.17, 15) is 0 Å². The van der Waals surface area contributed by atoms with E-state index in [-0.39, 0.29) is 0 Å². The average Bonchev–Trinajstić information content (AvgIpc) is 1.71. The van der Waals surface area contributed by atoms with Crippen LogP contribution in [0.4, 0.5) is 11.4 Å². The van der Waals surface area contributed by atoms with Gasteiger partial charge in [-0.2, -0.15) is 0 Å². The highest BCUT2D eigenvalue weighted by Gasteiger charge is 2.24. The average molecular weight is 1120 g/mol. The second kappa shape index (κ2) is 21.3. The van der Waals surface area contributed by atoms with Gasteiger partial charge < -0.3 is 18.3 Å². The van der Waals surface area contributed by atoms with Gasteiger partial charge in [-0.15, -0.1) is 0 Å². The molecule has 0 spiro atoms. The fourth-order valence-electron chi connectivity index (χ4n) is 13.4. The Morgan fingerprint density at radius 1 is 0.379 bits per heavy atom. The largest absolute Gasteiger partial charge is 0.313 e. The highest BCUT2D eigenvalue weighted by molar-refractivity contribution is 6.10. The van der Waals surface area contributed by atoms with Crippen LogP contribution in [0.2, 0.25) is 0 Å². The first-order valence-corrected chi connectivity index (χ1v) is 29.2. The molecule has 0 bridgehead atoms. The number of aryl methyl sites for hydroxylation is 1. The van der Waals surface area contributed by atoms with Crippen LogP contribution in [0.5, 0.6) is 0 Å². The maximum atomic E-state index is 4.93. The summed E-state index contributed by atoms with van der Waals surface area (Å²) >= 11 is 0. The monoisotopic (exact) mass is 1120 g/mol. The zero-order valence-electron chi connectivity index (χ0n) is 48.5. The molecule has 0 aliphatic heterocycles. The molecule has 10 aromatic carbocycles. The van der Waals surface area contributed by atoms with E-state index < -0.39 is 0 Å². The van der Waals surface area contributed by atoms with Crippen molar-refractivity contribution in [2.75, 3.05) is 0 Å². The summed E-state index contributed by atoms with van der Waals surface area (Å²) in [4.78, 5) is 19.0. The van der Waals surface area contributed by atoms with E-state index in [2.05, 4.69) is 301 Å². The van der Waals surface area contributed by atoms with Gasteiger partial charge >= 0.3 is 0 Å². The standard InChI is InChI=1S/C79H58N8/c1-50-64-44-53(54-35-40-72-65(45-54)77(62-30-19-20-31-68(62)80-4)51(2)84(72)58-22-11-7-12-23-58)34-39-71(64)87(61-28-17-10-18-29-61)76(50)49-69(81-5)57-33-38-63(70(48-57)82-6)78-52(3)85(59-24-13-8-14-25-59)73-41-36-55(46-66(73)78)56-37-42-74-67(47-56)79-75(32-21-43-83-79)86(74)60-26-15-9-16-27-60/h7-49H,4-6H2,1-3H3/b69-49-. The molecular formula is C79H58N8. The molecule has 0 atom stereocenters. The number of aromatic nitrogens is 5. The summed E-state index contributed by atoms with van der Waals surface area (Å²) in [5.41, 5.74) is 27.0. The van der Waals surface area contributed by atoms with Gasteiger partial charge in [0.2, 0.25) is 0 Å². The number of hydrogen-bond donors (Lipinski definition) is 0. The summed E-state index contributed by atoms with van der Waals surface area (Å²) in [6.07, 6.45) is 4.05. The maximum absolute atomic E-state index is 4.93. The number of rotatable bonds is 13. The molecule has 5 heterocycles. The molecule has 0 saturated carbocycles. The third-order valence-electron chi connectivity index (χ3n) is 17.4. The lowest BCUT2D eigenvalue weighted by Crippen LogP contribution is -1.97. The quantitative estimate of drug-likeness (QED) is 0.106. The Morgan fingerprint density at radius 2 is 0.816 bits per heavy atom. The van der Waals surface area contributed by atoms with Crippen molar-refractivity contribution < 1.29 is 0 Å². The lowest BCUT2D eigenvalue weighted by atomic mass is 9.95. The maximum Gasteiger partial charge on any atom is 0.0963 e. The normalized spacial score (nSPS) is 11.8. The highest BCUT2D eigenvalue weighted by Crippen LogP contribution is 2.46. The summed E-state index contributed by atoms with van der Waals surface area (Å²) in [5.74, 6) is 0. The minimum Gasteiger partial charge on any atom is -0.313 e. The van der Waals surface area contributed by atoms with Gasteiger partial charge in [-0.05, 0) is 196 Å². The first-order chi connectivity index (χ1) is 42.8. The molecule has 8 nitrogen and oxygen atoms in total. The van der Waals surface area contributed by atoms with Gasteiger partial charge in [0.15, 0.2) is 0 Å². The van der Waals surface area contributed by atoms with Crippen LogP contribution < -0.4 is 0 Å². The summed E-state index contributed by atoms with van der Waals surface area (Å²) in [6.45, 7) is 18.9. The first-order valence-electron chi connectivity index (χ1n) is 29.2. The number of pyridine rings is 1. The number of aliphatic imine (C=N–C) groups is 3. The van der Waals surface area contributed by atoms with Gasteiger partial charge in [0.05, 0.1) is 55.9 Å². The molecule has 0 radical (unpaired) electrons. The van der Waals surface area contributed by atoms with Crippen LogP contribution in [-0.2, 0) is 0 Å². The summed E-state index contributed by atoms with van der Waals surface area (Å²) in [7, 11) is 0. The van der Waals surface area contributed by atoms with Crippen molar-refractivity contribution in [3.63, 3.8) is 0 Å². The van der Waals surface area contributed by atoms with E-state index in [1.54, 1.807) is 0 Å². The van der Waals surface area contributed by atoms with Gasteiger partial charge in [0, 0.05) is 89.7 Å². The van der Waals surface area contributed by atoms with Crippen LogP contribution in [0.15, 0.2) is 270 Å². The molecule has 0 amide bonds. The van der Waals surface area contributed by atoms with Crippen LogP contribution in [0.3, 0.4) is 0 Å². The van der Waals surface area contributed by atoms with Gasteiger partial charge in [-0.3, -0.25) is 20.0 Å². The third-order valence-corrected chi connectivity index (χ3v) is 17.4. The van der Waals surface area contributed by atoms with Gasteiger partial charge in [0.1, 0.15) is 0 Å². The number of hydrogen-bond acceptors (Lipinski definition) is 4. The van der Waals surface area contributed by atoms with Crippen LogP contribution in [0.1, 0.15) is 28.2 Å². The Bertz CT molecular complexity index is 5290. The fraction of sp³-hybridized carbons (Fsp3) is 0.0380. The topological polar surface area (TPSA) is 69.7 Å². The molecule has 87 heavy (non-hydrogen) atoms. The molecule has 0 N–H and O–H groups in total. The van der Waals surface area contributed by atoms with Crippen molar-refractivity contribution in [3.05, 3.63) is 283 Å². The van der Waals surface area contributed by atoms with Crippen molar-refractivity contribution >= 4 is 97.9 Å². The van der Waals surface area contributed by atoms with E-state index >= 15 is 0 Å². The van der Waals surface area contributed by atoms with Gasteiger partial charge in [-0.25, -0.2) is 0 Å². The van der Waals surface area contributed by atoms with Crippen molar-refractivity contribution in [3.8, 4) is 67.3 Å². The second-order valence-corrected chi connectivity index (χ2v) is 22.2. The van der Waals surface area contributed by atoms with E-state index in [4.69, 9.17) is 15.0 Å². The molecule has 0 fully saturated rings. The zero-order chi connectivity index (χ0) is 58.9. The number of para-hydroxylation sites is 5. The Kier molecular flexibility index (Phi) is 12.8. The lowest BCUT2D eigenvalue weighted by molar-refractivity contribution is 1.06. The first kappa shape index (κ1) is 52.3. The molecule has 414 valence electrons. The summed E-state index contributed by atoms with van der Waals surface area (Å²) in [6, 6.07) is 88.3. The predicted molar refractivity (Wildman–Crippen MR) is 367 cm³/mol. The number of fused-ring (bicyclic) bond motifs is 6. The van der Waals surface area contributed by atoms with Crippen LogP contribution in [0, 0.1) is 20.8 Å². The van der Waals surface area contributed by atoms with Gasteiger partial charge in [-0.1, -0.05) is 127 Å². The molecule has 15 aromatic rings. The molecule has 5 aromatic heterocycles. The van der Waals surface area contributed by atoms with E-state index in [1.165, 1.54) is 0 Å². The predicted octanol–water partition coefficient (Wildman–Crippen LogP) is 20.5. The molecule has 0 unspecified atom stereocenters. The summed E-state index contributed by atoms with van der Waals surface area (Å²) < 4.78 is 9.33. The lowest BCUT2D eigenvalue weighted by Gasteiger charge is -2.13. The Labute approximate surface area is 504 Å². The van der Waals surface area contributed by atoms with Crippen molar-refractivity contribution in [2.45, 2.75) is 20.8 Å². The fourth-order valence-corrected chi connectivity index (χ4v) is 13.4. The second-order valence-electron chi connectivity index (χ2n) is 22.2. The Morgan fingerprint density at radius 3 is 1.33 bits per heavy atom. The van der Waals surface area contributed by atoms with Crippen LogP contribution in [0.25, 0.3) is 134 Å². The SMILES string of the molecule is C=N/C(=C\c1c(C)c2cc(-c3ccc4c(c3)c(-c3ccccc3N=C)c(C)n4-c3ccccc3)ccc2n1-c1ccccc1)c1ccc(-c2c(C)n(-c3ccccc3)c3ccc(-c4ccc5c(c4)c4ncccc4n5-c4ccccc4)cc23)c(N=C)c1. The molecule has 0 saturated heterocycles. The van der Waals surface area contributed by atoms with Crippen molar-refractivity contribution in [2.24, 2.45) is 15.0 Å². The molecular weight excluding hydrogens is 1060 g/mol. The molecule has 0 aliphatic carbocycles. The van der Waals surface area contributed by atoms with Crippen molar-refractivity contribution in [1.29, 1.82) is 0 Å². The Balaban J connectivity index is 0.852. The molecule has 0 aliphatic rings. The molecule has 8 heteroatoms. The van der Waals surface area contributed by atoms with E-state index in [1.807, 2.05) is 24.4 Å². The zero-order valence-corrected chi connectivity index (χ0v) is 48.5. The third kappa shape index (κ3) is 8.60. The van der Waals surface area contributed by atoms with E-state index in [0.717, 1.165) is 161 Å². The van der Waals surface area contributed by atoms with Crippen LogP contribution >= 0.6 is 0 Å². The van der Waals surface area contributed by atoms with E-state index in [0.29, 0.717) is 5.70 Å². The Hall–Kier alpha value is -11.5. The number of nitrogens with zero attached hydrogens (tertiary/aromatic N) is 8. The number of benzene rings is 10. The van der Waals surface area contributed by atoms with Crippen LogP contribution in [-0.4, -0.2) is 43.4 Å². The minimum atomic E-state index is 0.713.